The third kappa shape index (κ3) is 3.80. The van der Waals surface area contributed by atoms with Gasteiger partial charge in [0.05, 0.1) is 12.1 Å². The second-order valence-electron chi connectivity index (χ2n) is 5.35. The predicted molar refractivity (Wildman–Crippen MR) is 67.7 cm³/mol. The highest BCUT2D eigenvalue weighted by molar-refractivity contribution is 5.89. The Labute approximate surface area is 104 Å². The van der Waals surface area contributed by atoms with Crippen molar-refractivity contribution in [1.29, 1.82) is 0 Å². The van der Waals surface area contributed by atoms with Crippen LogP contribution in [0.15, 0.2) is 0 Å². The van der Waals surface area contributed by atoms with Gasteiger partial charge in [0.25, 0.3) is 0 Å². The molecule has 0 aliphatic carbocycles. The third-order valence-corrected chi connectivity index (χ3v) is 3.34. The zero-order chi connectivity index (χ0) is 13.0. The summed E-state index contributed by atoms with van der Waals surface area (Å²) in [4.78, 5) is 25.4. The van der Waals surface area contributed by atoms with E-state index in [1.54, 1.807) is 18.9 Å². The van der Waals surface area contributed by atoms with Gasteiger partial charge in [-0.15, -0.1) is 0 Å². The minimum atomic E-state index is -0.273. The van der Waals surface area contributed by atoms with Gasteiger partial charge in [0.15, 0.2) is 5.78 Å². The third-order valence-electron chi connectivity index (χ3n) is 3.34. The zero-order valence-electron chi connectivity index (χ0n) is 11.3. The Morgan fingerprint density at radius 1 is 1.41 bits per heavy atom. The molecule has 0 aromatic carbocycles. The largest absolute Gasteiger partial charge is 0.334 e. The van der Waals surface area contributed by atoms with Gasteiger partial charge in [-0.3, -0.25) is 9.59 Å². The van der Waals surface area contributed by atoms with Crippen LogP contribution in [-0.4, -0.2) is 42.3 Å². The van der Waals surface area contributed by atoms with E-state index in [-0.39, 0.29) is 23.8 Å². The summed E-state index contributed by atoms with van der Waals surface area (Å²) in [5.74, 6) is 0.548. The van der Waals surface area contributed by atoms with E-state index >= 15 is 0 Å². The smallest absolute Gasteiger partial charge is 0.240 e. The molecule has 1 fully saturated rings. The Balaban J connectivity index is 2.65. The number of rotatable bonds is 5. The standard InChI is InChI=1S/C13H24N2O2/c1-9(2)8-12(10(3)16)15(4)13(17)11-6-5-7-14-11/h9,11-12,14H,5-8H2,1-4H3/t11-,12+/m0/s1. The van der Waals surface area contributed by atoms with Gasteiger partial charge in [0.1, 0.15) is 0 Å². The number of carbonyl (C=O) groups excluding carboxylic acids is 2. The molecule has 0 aromatic rings. The van der Waals surface area contributed by atoms with Gasteiger partial charge < -0.3 is 10.2 Å². The SMILES string of the molecule is CC(=O)[C@@H](CC(C)C)N(C)C(=O)[C@@H]1CCCN1. The van der Waals surface area contributed by atoms with Crippen molar-refractivity contribution >= 4 is 11.7 Å². The number of amides is 1. The first-order chi connectivity index (χ1) is 7.93. The molecule has 4 nitrogen and oxygen atoms in total. The normalized spacial score (nSPS) is 21.6. The van der Waals surface area contributed by atoms with E-state index in [0.717, 1.165) is 25.8 Å². The summed E-state index contributed by atoms with van der Waals surface area (Å²) in [6, 6.07) is -0.362. The highest BCUT2D eigenvalue weighted by atomic mass is 16.2. The van der Waals surface area contributed by atoms with Gasteiger partial charge in [-0.25, -0.2) is 0 Å². The molecule has 0 aromatic heterocycles. The summed E-state index contributed by atoms with van der Waals surface area (Å²) < 4.78 is 0. The van der Waals surface area contributed by atoms with Crippen molar-refractivity contribution in [2.24, 2.45) is 5.92 Å². The van der Waals surface area contributed by atoms with E-state index in [2.05, 4.69) is 19.2 Å². The molecular weight excluding hydrogens is 216 g/mol. The minimum Gasteiger partial charge on any atom is -0.334 e. The van der Waals surface area contributed by atoms with Crippen LogP contribution in [0.2, 0.25) is 0 Å². The molecule has 0 unspecified atom stereocenters. The number of carbonyl (C=O) groups is 2. The number of likely N-dealkylation sites (N-methyl/N-ethyl adjacent to an activating group) is 1. The van der Waals surface area contributed by atoms with Crippen molar-refractivity contribution in [1.82, 2.24) is 10.2 Å². The molecule has 0 bridgehead atoms. The molecule has 17 heavy (non-hydrogen) atoms. The number of nitrogens with zero attached hydrogens (tertiary/aromatic N) is 1. The van der Waals surface area contributed by atoms with Crippen LogP contribution < -0.4 is 5.32 Å². The summed E-state index contributed by atoms with van der Waals surface area (Å²) in [6.07, 6.45) is 2.67. The van der Waals surface area contributed by atoms with Crippen LogP contribution in [0.4, 0.5) is 0 Å². The van der Waals surface area contributed by atoms with Crippen LogP contribution in [0.5, 0.6) is 0 Å². The fraction of sp³-hybridized carbons (Fsp3) is 0.846. The Morgan fingerprint density at radius 2 is 2.06 bits per heavy atom. The maximum absolute atomic E-state index is 12.2. The number of hydrogen-bond donors (Lipinski definition) is 1. The molecular formula is C13H24N2O2. The van der Waals surface area contributed by atoms with Crippen molar-refractivity contribution in [3.63, 3.8) is 0 Å². The average molecular weight is 240 g/mol. The number of nitrogens with one attached hydrogen (secondary N) is 1. The lowest BCUT2D eigenvalue weighted by molar-refractivity contribution is -0.139. The molecule has 2 atom stereocenters. The Morgan fingerprint density at radius 3 is 2.47 bits per heavy atom. The van der Waals surface area contributed by atoms with E-state index < -0.39 is 0 Å². The van der Waals surface area contributed by atoms with Crippen molar-refractivity contribution in [3.8, 4) is 0 Å². The second kappa shape index (κ2) is 6.15. The Kier molecular flexibility index (Phi) is 5.12. The minimum absolute atomic E-state index is 0.0587. The molecule has 1 heterocycles. The molecule has 1 rings (SSSR count). The maximum Gasteiger partial charge on any atom is 0.240 e. The van der Waals surface area contributed by atoms with E-state index in [4.69, 9.17) is 0 Å². The predicted octanol–water partition coefficient (Wildman–Crippen LogP) is 1.20. The molecule has 1 N–H and O–H groups in total. The quantitative estimate of drug-likeness (QED) is 0.785. The molecule has 98 valence electrons. The van der Waals surface area contributed by atoms with Gasteiger partial charge in [-0.1, -0.05) is 13.8 Å². The fourth-order valence-corrected chi connectivity index (χ4v) is 2.34. The van der Waals surface area contributed by atoms with Crippen LogP contribution in [-0.2, 0) is 9.59 Å². The summed E-state index contributed by atoms with van der Waals surface area (Å²) in [5.41, 5.74) is 0. The zero-order valence-corrected chi connectivity index (χ0v) is 11.3. The molecule has 1 saturated heterocycles. The van der Waals surface area contributed by atoms with Crippen LogP contribution in [0.1, 0.15) is 40.0 Å². The van der Waals surface area contributed by atoms with Gasteiger partial charge in [0, 0.05) is 7.05 Å². The fourth-order valence-electron chi connectivity index (χ4n) is 2.34. The number of Topliss-reactive ketones (excluding diaryl/α,β-unsaturated/α-hetero) is 1. The summed E-state index contributed by atoms with van der Waals surface area (Å²) in [7, 11) is 1.75. The van der Waals surface area contributed by atoms with Crippen molar-refractivity contribution in [2.45, 2.75) is 52.1 Å². The first kappa shape index (κ1) is 14.2. The summed E-state index contributed by atoms with van der Waals surface area (Å²) in [6.45, 7) is 6.61. The van der Waals surface area contributed by atoms with Gasteiger partial charge in [-0.05, 0) is 38.6 Å². The topological polar surface area (TPSA) is 49.4 Å². The summed E-state index contributed by atoms with van der Waals surface area (Å²) >= 11 is 0. The molecule has 1 aliphatic rings. The molecule has 1 amide bonds. The van der Waals surface area contributed by atoms with Crippen molar-refractivity contribution in [2.75, 3.05) is 13.6 Å². The number of hydrogen-bond acceptors (Lipinski definition) is 3. The second-order valence-corrected chi connectivity index (χ2v) is 5.35. The maximum atomic E-state index is 12.2. The van der Waals surface area contributed by atoms with Gasteiger partial charge in [0.2, 0.25) is 5.91 Å². The van der Waals surface area contributed by atoms with E-state index in [1.807, 2.05) is 0 Å². The monoisotopic (exact) mass is 240 g/mol. The Hall–Kier alpha value is -0.900. The van der Waals surface area contributed by atoms with Crippen molar-refractivity contribution < 1.29 is 9.59 Å². The van der Waals surface area contributed by atoms with E-state index in [1.165, 1.54) is 0 Å². The van der Waals surface area contributed by atoms with Crippen LogP contribution in [0.25, 0.3) is 0 Å². The molecule has 0 saturated carbocycles. The highest BCUT2D eigenvalue weighted by Crippen LogP contribution is 2.15. The van der Waals surface area contributed by atoms with Gasteiger partial charge >= 0.3 is 0 Å². The van der Waals surface area contributed by atoms with Crippen LogP contribution in [0, 0.1) is 5.92 Å². The van der Waals surface area contributed by atoms with Gasteiger partial charge in [-0.2, -0.15) is 0 Å². The first-order valence-electron chi connectivity index (χ1n) is 6.44. The molecule has 4 heteroatoms. The van der Waals surface area contributed by atoms with Crippen LogP contribution in [0.3, 0.4) is 0 Å². The molecule has 0 radical (unpaired) electrons. The van der Waals surface area contributed by atoms with Crippen molar-refractivity contribution in [3.05, 3.63) is 0 Å². The first-order valence-corrected chi connectivity index (χ1v) is 6.44. The molecule has 0 spiro atoms. The Bertz CT molecular complexity index is 283. The average Bonchev–Trinajstić information content (AvgIpc) is 2.76. The van der Waals surface area contributed by atoms with E-state index in [9.17, 15) is 9.59 Å². The summed E-state index contributed by atoms with van der Waals surface area (Å²) in [5, 5.41) is 3.18. The lowest BCUT2D eigenvalue weighted by atomic mass is 9.99. The lowest BCUT2D eigenvalue weighted by Gasteiger charge is -2.29. The highest BCUT2D eigenvalue weighted by Gasteiger charge is 2.31. The number of ketones is 1. The lowest BCUT2D eigenvalue weighted by Crippen LogP contribution is -2.49. The molecule has 1 aliphatic heterocycles. The van der Waals surface area contributed by atoms with E-state index in [0.29, 0.717) is 5.92 Å². The van der Waals surface area contributed by atoms with Crippen LogP contribution >= 0.6 is 0 Å².